The molecule has 2 aromatic rings. The summed E-state index contributed by atoms with van der Waals surface area (Å²) in [5.74, 6) is 0.423. The molecule has 0 N–H and O–H groups in total. The standard InChI is InChI=1S/C15H13Cl2NO4/c1-20-14-5-2-10(9-18-14)15(19)22-7-6-21-13-4-3-11(16)8-12(13)17/h2-5,8-9H,6-7H2,1H3. The van der Waals surface area contributed by atoms with Crippen LogP contribution in [-0.2, 0) is 4.74 Å². The monoisotopic (exact) mass is 341 g/mol. The van der Waals surface area contributed by atoms with Crippen LogP contribution in [0.4, 0.5) is 0 Å². The van der Waals surface area contributed by atoms with E-state index in [1.165, 1.54) is 13.3 Å². The molecule has 0 radical (unpaired) electrons. The molecule has 0 aliphatic heterocycles. The van der Waals surface area contributed by atoms with Gasteiger partial charge in [0.2, 0.25) is 5.88 Å². The van der Waals surface area contributed by atoms with Crippen molar-refractivity contribution in [2.24, 2.45) is 0 Å². The van der Waals surface area contributed by atoms with Crippen LogP contribution in [0.5, 0.6) is 11.6 Å². The van der Waals surface area contributed by atoms with Crippen molar-refractivity contribution in [1.82, 2.24) is 4.98 Å². The van der Waals surface area contributed by atoms with Crippen LogP contribution in [0.2, 0.25) is 10.0 Å². The van der Waals surface area contributed by atoms with Gasteiger partial charge in [0.25, 0.3) is 0 Å². The third-order valence-corrected chi connectivity index (χ3v) is 3.18. The molecule has 0 aliphatic carbocycles. The van der Waals surface area contributed by atoms with Crippen molar-refractivity contribution < 1.29 is 19.0 Å². The average molecular weight is 342 g/mol. The lowest BCUT2D eigenvalue weighted by atomic mass is 10.3. The van der Waals surface area contributed by atoms with Crippen LogP contribution in [0.1, 0.15) is 10.4 Å². The van der Waals surface area contributed by atoms with Gasteiger partial charge in [-0.15, -0.1) is 0 Å². The highest BCUT2D eigenvalue weighted by Crippen LogP contribution is 2.27. The number of nitrogens with zero attached hydrogens (tertiary/aromatic N) is 1. The molecular formula is C15H13Cl2NO4. The number of esters is 1. The summed E-state index contributed by atoms with van der Waals surface area (Å²) in [5.41, 5.74) is 0.338. The Kier molecular flexibility index (Phi) is 5.86. The van der Waals surface area contributed by atoms with Crippen molar-refractivity contribution in [3.05, 3.63) is 52.1 Å². The van der Waals surface area contributed by atoms with E-state index in [-0.39, 0.29) is 13.2 Å². The van der Waals surface area contributed by atoms with Gasteiger partial charge in [-0.25, -0.2) is 9.78 Å². The Hall–Kier alpha value is -1.98. The first kappa shape index (κ1) is 16.4. The minimum Gasteiger partial charge on any atom is -0.488 e. The van der Waals surface area contributed by atoms with Crippen LogP contribution in [0.25, 0.3) is 0 Å². The molecule has 0 spiro atoms. The van der Waals surface area contributed by atoms with Gasteiger partial charge in [0.05, 0.1) is 17.7 Å². The van der Waals surface area contributed by atoms with Crippen LogP contribution < -0.4 is 9.47 Å². The average Bonchev–Trinajstić information content (AvgIpc) is 2.53. The minimum atomic E-state index is -0.485. The van der Waals surface area contributed by atoms with Gasteiger partial charge in [0, 0.05) is 17.3 Å². The van der Waals surface area contributed by atoms with Gasteiger partial charge in [-0.05, 0) is 24.3 Å². The largest absolute Gasteiger partial charge is 0.488 e. The van der Waals surface area contributed by atoms with Crippen LogP contribution in [0.15, 0.2) is 36.5 Å². The van der Waals surface area contributed by atoms with E-state index < -0.39 is 5.97 Å². The third kappa shape index (κ3) is 4.51. The topological polar surface area (TPSA) is 57.7 Å². The Labute approximate surface area is 137 Å². The number of hydrogen-bond donors (Lipinski definition) is 0. The van der Waals surface area contributed by atoms with E-state index in [0.717, 1.165) is 0 Å². The number of benzene rings is 1. The number of aromatic nitrogens is 1. The second kappa shape index (κ2) is 7.87. The zero-order valence-corrected chi connectivity index (χ0v) is 13.2. The minimum absolute atomic E-state index is 0.0871. The molecule has 7 heteroatoms. The van der Waals surface area contributed by atoms with E-state index in [1.807, 2.05) is 0 Å². The lowest BCUT2D eigenvalue weighted by Gasteiger charge is -2.09. The van der Waals surface area contributed by atoms with Crippen molar-refractivity contribution in [2.45, 2.75) is 0 Å². The summed E-state index contributed by atoms with van der Waals surface area (Å²) in [4.78, 5) is 15.7. The molecular weight excluding hydrogens is 329 g/mol. The number of hydrogen-bond acceptors (Lipinski definition) is 5. The lowest BCUT2D eigenvalue weighted by Crippen LogP contribution is -2.12. The van der Waals surface area contributed by atoms with E-state index in [9.17, 15) is 4.79 Å². The Balaban J connectivity index is 1.79. The first-order valence-electron chi connectivity index (χ1n) is 6.35. The van der Waals surface area contributed by atoms with Gasteiger partial charge >= 0.3 is 5.97 Å². The van der Waals surface area contributed by atoms with E-state index in [2.05, 4.69) is 4.98 Å². The van der Waals surface area contributed by atoms with Crippen LogP contribution in [-0.4, -0.2) is 31.3 Å². The molecule has 0 atom stereocenters. The summed E-state index contributed by atoms with van der Waals surface area (Å²) in [6.45, 7) is 0.264. The molecule has 1 heterocycles. The molecule has 1 aromatic heterocycles. The van der Waals surface area contributed by atoms with E-state index >= 15 is 0 Å². The fourth-order valence-corrected chi connectivity index (χ4v) is 2.05. The molecule has 116 valence electrons. The molecule has 0 bridgehead atoms. The molecule has 0 saturated heterocycles. The summed E-state index contributed by atoms with van der Waals surface area (Å²) in [6.07, 6.45) is 1.39. The highest BCUT2D eigenvalue weighted by molar-refractivity contribution is 6.35. The van der Waals surface area contributed by atoms with Crippen molar-refractivity contribution in [3.63, 3.8) is 0 Å². The quantitative estimate of drug-likeness (QED) is 0.593. The molecule has 1 aromatic carbocycles. The zero-order chi connectivity index (χ0) is 15.9. The molecule has 2 rings (SSSR count). The molecule has 0 aliphatic rings. The number of carbonyl (C=O) groups excluding carboxylic acids is 1. The molecule has 5 nitrogen and oxygen atoms in total. The first-order valence-corrected chi connectivity index (χ1v) is 7.11. The molecule has 0 unspecified atom stereocenters. The van der Waals surface area contributed by atoms with Crippen LogP contribution in [0.3, 0.4) is 0 Å². The van der Waals surface area contributed by atoms with Gasteiger partial charge < -0.3 is 14.2 Å². The Morgan fingerprint density at radius 1 is 1.18 bits per heavy atom. The van der Waals surface area contributed by atoms with E-state index in [4.69, 9.17) is 37.4 Å². The number of methoxy groups -OCH3 is 1. The molecule has 0 fully saturated rings. The second-order valence-corrected chi connectivity index (χ2v) is 4.99. The maximum Gasteiger partial charge on any atom is 0.339 e. The summed E-state index contributed by atoms with van der Waals surface area (Å²) in [7, 11) is 1.50. The Morgan fingerprint density at radius 3 is 2.64 bits per heavy atom. The summed E-state index contributed by atoms with van der Waals surface area (Å²) in [5, 5.41) is 0.925. The van der Waals surface area contributed by atoms with Gasteiger partial charge in [-0.2, -0.15) is 0 Å². The van der Waals surface area contributed by atoms with Crippen molar-refractivity contribution >= 4 is 29.2 Å². The lowest BCUT2D eigenvalue weighted by molar-refractivity contribution is 0.0450. The molecule has 0 amide bonds. The van der Waals surface area contributed by atoms with Crippen LogP contribution in [0, 0.1) is 0 Å². The zero-order valence-electron chi connectivity index (χ0n) is 11.7. The number of halogens is 2. The Morgan fingerprint density at radius 2 is 2.00 bits per heavy atom. The number of carbonyl (C=O) groups is 1. The third-order valence-electron chi connectivity index (χ3n) is 2.65. The highest BCUT2D eigenvalue weighted by atomic mass is 35.5. The molecule has 0 saturated carbocycles. The van der Waals surface area contributed by atoms with Crippen molar-refractivity contribution in [3.8, 4) is 11.6 Å². The van der Waals surface area contributed by atoms with Gasteiger partial charge in [0.1, 0.15) is 19.0 Å². The van der Waals surface area contributed by atoms with Gasteiger partial charge in [-0.1, -0.05) is 23.2 Å². The van der Waals surface area contributed by atoms with Crippen LogP contribution >= 0.6 is 23.2 Å². The predicted octanol–water partition coefficient (Wildman–Crippen LogP) is 3.63. The van der Waals surface area contributed by atoms with E-state index in [0.29, 0.717) is 27.2 Å². The fourth-order valence-electron chi connectivity index (χ4n) is 1.58. The number of rotatable bonds is 6. The van der Waals surface area contributed by atoms with Gasteiger partial charge in [-0.3, -0.25) is 0 Å². The van der Waals surface area contributed by atoms with Crippen molar-refractivity contribution in [1.29, 1.82) is 0 Å². The second-order valence-electron chi connectivity index (χ2n) is 4.15. The summed E-state index contributed by atoms with van der Waals surface area (Å²) in [6, 6.07) is 8.05. The van der Waals surface area contributed by atoms with Crippen molar-refractivity contribution in [2.75, 3.05) is 20.3 Å². The predicted molar refractivity (Wildman–Crippen MR) is 83.0 cm³/mol. The van der Waals surface area contributed by atoms with E-state index in [1.54, 1.807) is 30.3 Å². The molecule has 22 heavy (non-hydrogen) atoms. The first-order chi connectivity index (χ1) is 10.6. The smallest absolute Gasteiger partial charge is 0.339 e. The summed E-state index contributed by atoms with van der Waals surface area (Å²) < 4.78 is 15.4. The maximum atomic E-state index is 11.8. The SMILES string of the molecule is COc1ccc(C(=O)OCCOc2ccc(Cl)cc2Cl)cn1. The maximum absolute atomic E-state index is 11.8. The number of ether oxygens (including phenoxy) is 3. The normalized spacial score (nSPS) is 10.1. The highest BCUT2D eigenvalue weighted by Gasteiger charge is 2.08. The number of pyridine rings is 1. The fraction of sp³-hybridized carbons (Fsp3) is 0.200. The summed E-state index contributed by atoms with van der Waals surface area (Å²) >= 11 is 11.7. The Bertz CT molecular complexity index is 646. The van der Waals surface area contributed by atoms with Gasteiger partial charge in [0.15, 0.2) is 0 Å².